The molecule has 0 amide bonds. The van der Waals surface area contributed by atoms with Crippen molar-refractivity contribution in [3.05, 3.63) is 78.1 Å². The van der Waals surface area contributed by atoms with Crippen LogP contribution in [0.25, 0.3) is 34.0 Å². The highest BCUT2D eigenvalue weighted by Gasteiger charge is 2.21. The normalized spacial score (nSPS) is 11.4. The van der Waals surface area contributed by atoms with E-state index in [9.17, 15) is 14.4 Å². The summed E-state index contributed by atoms with van der Waals surface area (Å²) in [6.45, 7) is 1.88. The molecule has 148 valence electrons. The van der Waals surface area contributed by atoms with Crippen LogP contribution in [0.2, 0.25) is 0 Å². The van der Waals surface area contributed by atoms with Crippen molar-refractivity contribution in [2.75, 3.05) is 6.61 Å². The number of hydrogen-bond acceptors (Lipinski definition) is 5. The SMILES string of the molecule is CCOC(=O)n1c(/C(C#N)=C/c2ccc(-c3ccccc3F)o2)nc2ccccc21. The summed E-state index contributed by atoms with van der Waals surface area (Å²) in [5.74, 6) is 0.385. The second-order valence-electron chi connectivity index (χ2n) is 6.31. The molecule has 0 fully saturated rings. The number of hydrogen-bond donors (Lipinski definition) is 0. The lowest BCUT2D eigenvalue weighted by molar-refractivity contribution is 0.154. The second-order valence-corrected chi connectivity index (χ2v) is 6.31. The molecule has 0 bridgehead atoms. The smallest absolute Gasteiger partial charge is 0.420 e. The first-order chi connectivity index (χ1) is 14.6. The summed E-state index contributed by atoms with van der Waals surface area (Å²) in [5.41, 5.74) is 1.50. The molecule has 4 rings (SSSR count). The average Bonchev–Trinajstić information content (AvgIpc) is 3.37. The van der Waals surface area contributed by atoms with Gasteiger partial charge >= 0.3 is 6.09 Å². The number of benzene rings is 2. The Labute approximate surface area is 171 Å². The number of para-hydroxylation sites is 2. The number of allylic oxidation sites excluding steroid dienone is 1. The summed E-state index contributed by atoms with van der Waals surface area (Å²) in [6, 6.07) is 18.6. The lowest BCUT2D eigenvalue weighted by Gasteiger charge is -2.06. The minimum Gasteiger partial charge on any atom is -0.457 e. The van der Waals surface area contributed by atoms with Crippen LogP contribution < -0.4 is 0 Å². The predicted octanol–water partition coefficient (Wildman–Crippen LogP) is 5.50. The number of carbonyl (C=O) groups excluding carboxylic acids is 1. The molecule has 0 spiro atoms. The molecule has 30 heavy (non-hydrogen) atoms. The van der Waals surface area contributed by atoms with Gasteiger partial charge in [0.2, 0.25) is 0 Å². The quantitative estimate of drug-likeness (QED) is 0.422. The minimum atomic E-state index is -0.631. The van der Waals surface area contributed by atoms with E-state index in [0.717, 1.165) is 0 Å². The molecule has 2 aromatic carbocycles. The fourth-order valence-corrected chi connectivity index (χ4v) is 3.10. The van der Waals surface area contributed by atoms with E-state index in [0.29, 0.717) is 28.1 Å². The van der Waals surface area contributed by atoms with Gasteiger partial charge in [-0.25, -0.2) is 18.7 Å². The maximum atomic E-state index is 14.0. The summed E-state index contributed by atoms with van der Waals surface area (Å²) in [4.78, 5) is 17.0. The summed E-state index contributed by atoms with van der Waals surface area (Å²) in [6.07, 6.45) is 0.829. The first-order valence-corrected chi connectivity index (χ1v) is 9.24. The van der Waals surface area contributed by atoms with Crippen LogP contribution in [0.4, 0.5) is 9.18 Å². The van der Waals surface area contributed by atoms with Crippen LogP contribution in [0.5, 0.6) is 0 Å². The maximum absolute atomic E-state index is 14.0. The van der Waals surface area contributed by atoms with Crippen molar-refractivity contribution in [1.82, 2.24) is 9.55 Å². The lowest BCUT2D eigenvalue weighted by atomic mass is 10.1. The van der Waals surface area contributed by atoms with E-state index in [1.807, 2.05) is 0 Å². The third-order valence-corrected chi connectivity index (χ3v) is 4.43. The van der Waals surface area contributed by atoms with Crippen molar-refractivity contribution >= 4 is 28.8 Å². The van der Waals surface area contributed by atoms with Crippen LogP contribution in [-0.4, -0.2) is 22.3 Å². The molecule has 0 N–H and O–H groups in total. The van der Waals surface area contributed by atoms with Gasteiger partial charge < -0.3 is 9.15 Å². The van der Waals surface area contributed by atoms with Gasteiger partial charge in [-0.3, -0.25) is 0 Å². The van der Waals surface area contributed by atoms with Gasteiger partial charge in [-0.15, -0.1) is 0 Å². The molecule has 0 saturated carbocycles. The number of fused-ring (bicyclic) bond motifs is 1. The maximum Gasteiger partial charge on any atom is 0.420 e. The van der Waals surface area contributed by atoms with Gasteiger partial charge in [-0.1, -0.05) is 24.3 Å². The molecule has 2 aromatic heterocycles. The van der Waals surface area contributed by atoms with Gasteiger partial charge in [-0.2, -0.15) is 5.26 Å². The molecule has 0 aliphatic rings. The number of furan rings is 1. The Hall–Kier alpha value is -4.18. The van der Waals surface area contributed by atoms with E-state index in [-0.39, 0.29) is 18.0 Å². The number of carbonyl (C=O) groups is 1. The molecule has 0 unspecified atom stereocenters. The highest BCUT2D eigenvalue weighted by atomic mass is 19.1. The number of rotatable bonds is 4. The summed E-state index contributed by atoms with van der Waals surface area (Å²) in [5, 5.41) is 9.74. The molecular weight excluding hydrogens is 385 g/mol. The number of imidazole rings is 1. The third-order valence-electron chi connectivity index (χ3n) is 4.43. The first kappa shape index (κ1) is 19.2. The van der Waals surface area contributed by atoms with Crippen LogP contribution in [0.15, 0.2) is 65.1 Å². The van der Waals surface area contributed by atoms with Gasteiger partial charge in [0.05, 0.1) is 28.8 Å². The van der Waals surface area contributed by atoms with Gasteiger partial charge in [0.25, 0.3) is 0 Å². The van der Waals surface area contributed by atoms with Crippen molar-refractivity contribution in [1.29, 1.82) is 5.26 Å². The largest absolute Gasteiger partial charge is 0.457 e. The Morgan fingerprint density at radius 3 is 2.73 bits per heavy atom. The topological polar surface area (TPSA) is 81.0 Å². The van der Waals surface area contributed by atoms with E-state index in [1.165, 1.54) is 16.7 Å². The van der Waals surface area contributed by atoms with E-state index >= 15 is 0 Å². The monoisotopic (exact) mass is 401 g/mol. The van der Waals surface area contributed by atoms with Crippen LogP contribution >= 0.6 is 0 Å². The van der Waals surface area contributed by atoms with Crippen molar-refractivity contribution in [2.45, 2.75) is 6.92 Å². The fraction of sp³-hybridized carbons (Fsp3) is 0.0870. The second kappa shape index (κ2) is 8.05. The van der Waals surface area contributed by atoms with Crippen LogP contribution in [0.1, 0.15) is 18.5 Å². The Kier molecular flexibility index (Phi) is 5.14. The van der Waals surface area contributed by atoms with Crippen molar-refractivity contribution < 1.29 is 18.3 Å². The van der Waals surface area contributed by atoms with Crippen LogP contribution in [0.3, 0.4) is 0 Å². The van der Waals surface area contributed by atoms with Gasteiger partial charge in [0.1, 0.15) is 23.4 Å². The highest BCUT2D eigenvalue weighted by Crippen LogP contribution is 2.28. The molecular formula is C23H16FN3O3. The Morgan fingerprint density at radius 2 is 1.97 bits per heavy atom. The molecule has 0 saturated heterocycles. The molecule has 4 aromatic rings. The summed E-state index contributed by atoms with van der Waals surface area (Å²) < 4.78 is 26.1. The summed E-state index contributed by atoms with van der Waals surface area (Å²) in [7, 11) is 0. The highest BCUT2D eigenvalue weighted by molar-refractivity contribution is 5.96. The van der Waals surface area contributed by atoms with E-state index in [1.54, 1.807) is 61.5 Å². The molecule has 0 radical (unpaired) electrons. The zero-order valence-corrected chi connectivity index (χ0v) is 16.0. The van der Waals surface area contributed by atoms with Crippen molar-refractivity contribution in [3.63, 3.8) is 0 Å². The van der Waals surface area contributed by atoms with E-state index in [2.05, 4.69) is 11.1 Å². The number of ether oxygens (including phenoxy) is 1. The van der Waals surface area contributed by atoms with Crippen molar-refractivity contribution in [3.8, 4) is 17.4 Å². The summed E-state index contributed by atoms with van der Waals surface area (Å²) >= 11 is 0. The Morgan fingerprint density at radius 1 is 1.20 bits per heavy atom. The van der Waals surface area contributed by atoms with Gasteiger partial charge in [-0.05, 0) is 43.3 Å². The van der Waals surface area contributed by atoms with Crippen molar-refractivity contribution in [2.24, 2.45) is 0 Å². The Bertz CT molecular complexity index is 1310. The van der Waals surface area contributed by atoms with Crippen LogP contribution in [-0.2, 0) is 4.74 Å². The zero-order chi connectivity index (χ0) is 21.1. The number of aromatic nitrogens is 2. The molecule has 0 atom stereocenters. The van der Waals surface area contributed by atoms with Gasteiger partial charge in [0.15, 0.2) is 5.82 Å². The number of nitrogens with zero attached hydrogens (tertiary/aromatic N) is 3. The number of nitriles is 1. The molecule has 6 nitrogen and oxygen atoms in total. The number of halogens is 1. The predicted molar refractivity (Wildman–Crippen MR) is 110 cm³/mol. The average molecular weight is 401 g/mol. The standard InChI is InChI=1S/C23H16FN3O3/c1-2-29-23(28)27-20-10-6-5-9-19(20)26-22(27)15(14-25)13-16-11-12-21(30-16)17-7-3-4-8-18(17)24/h3-13H,2H2,1H3/b15-13+. The first-order valence-electron chi connectivity index (χ1n) is 9.24. The lowest BCUT2D eigenvalue weighted by Crippen LogP contribution is -2.16. The van der Waals surface area contributed by atoms with Gasteiger partial charge in [0, 0.05) is 6.08 Å². The third kappa shape index (κ3) is 3.47. The zero-order valence-electron chi connectivity index (χ0n) is 16.0. The minimum absolute atomic E-state index is 0.105. The van der Waals surface area contributed by atoms with E-state index < -0.39 is 11.9 Å². The molecule has 0 aliphatic carbocycles. The molecule has 7 heteroatoms. The Balaban J connectivity index is 1.80. The fourth-order valence-electron chi connectivity index (χ4n) is 3.10. The molecule has 0 aliphatic heterocycles. The van der Waals surface area contributed by atoms with E-state index in [4.69, 9.17) is 9.15 Å². The van der Waals surface area contributed by atoms with Crippen LogP contribution in [0, 0.1) is 17.1 Å². The molecule has 2 heterocycles.